The van der Waals surface area contributed by atoms with E-state index in [1.807, 2.05) is 25.1 Å². The Labute approximate surface area is 84.6 Å². The Kier molecular flexibility index (Phi) is 4.13. The molecule has 0 radical (unpaired) electrons. The molecule has 0 bridgehead atoms. The van der Waals surface area contributed by atoms with Crippen LogP contribution in [0.15, 0.2) is 18.3 Å². The van der Waals surface area contributed by atoms with Crippen LogP contribution in [-0.2, 0) is 0 Å². The molecule has 0 spiro atoms. The van der Waals surface area contributed by atoms with E-state index in [0.717, 1.165) is 17.5 Å². The van der Waals surface area contributed by atoms with Crippen molar-refractivity contribution < 1.29 is 4.74 Å². The molecule has 0 aliphatic carbocycles. The van der Waals surface area contributed by atoms with Gasteiger partial charge >= 0.3 is 0 Å². The summed E-state index contributed by atoms with van der Waals surface area (Å²) in [5.74, 6) is 0.681. The number of ether oxygens (including phenoxy) is 1. The molecule has 0 amide bonds. The zero-order valence-electron chi connectivity index (χ0n) is 8.66. The molecule has 0 fully saturated rings. The lowest BCUT2D eigenvalue weighted by molar-refractivity contribution is 0.394. The van der Waals surface area contributed by atoms with E-state index in [1.54, 1.807) is 13.3 Å². The summed E-state index contributed by atoms with van der Waals surface area (Å²) in [6.07, 6.45) is 6.75. The quantitative estimate of drug-likeness (QED) is 0.790. The van der Waals surface area contributed by atoms with Crippen molar-refractivity contribution in [1.29, 1.82) is 0 Å². The second-order valence-corrected chi connectivity index (χ2v) is 3.07. The van der Waals surface area contributed by atoms with E-state index in [2.05, 4.69) is 4.98 Å². The number of aryl methyl sites for hydroxylation is 1. The van der Waals surface area contributed by atoms with Gasteiger partial charge in [-0.15, -0.1) is 0 Å². The molecule has 1 heterocycles. The van der Waals surface area contributed by atoms with Gasteiger partial charge in [0.2, 0.25) is 5.88 Å². The molecule has 3 nitrogen and oxygen atoms in total. The first-order valence-electron chi connectivity index (χ1n) is 4.65. The summed E-state index contributed by atoms with van der Waals surface area (Å²) in [6, 6.07) is 2.04. The molecular formula is C11H16N2O. The molecular weight excluding hydrogens is 176 g/mol. The maximum Gasteiger partial charge on any atom is 0.215 e. The lowest BCUT2D eigenvalue weighted by atomic mass is 10.2. The molecule has 0 aliphatic heterocycles. The van der Waals surface area contributed by atoms with Crippen LogP contribution in [0.4, 0.5) is 0 Å². The highest BCUT2D eigenvalue weighted by Crippen LogP contribution is 2.15. The molecule has 0 saturated heterocycles. The highest BCUT2D eigenvalue weighted by molar-refractivity contribution is 5.50. The molecule has 3 heteroatoms. The maximum atomic E-state index is 5.38. The van der Waals surface area contributed by atoms with Crippen LogP contribution in [-0.4, -0.2) is 18.6 Å². The van der Waals surface area contributed by atoms with Crippen molar-refractivity contribution in [1.82, 2.24) is 4.98 Å². The summed E-state index contributed by atoms with van der Waals surface area (Å²) >= 11 is 0. The summed E-state index contributed by atoms with van der Waals surface area (Å²) in [5, 5.41) is 0. The van der Waals surface area contributed by atoms with Crippen LogP contribution in [0.2, 0.25) is 0 Å². The van der Waals surface area contributed by atoms with Crippen molar-refractivity contribution in [2.24, 2.45) is 5.73 Å². The Hall–Kier alpha value is -1.35. The van der Waals surface area contributed by atoms with Crippen LogP contribution in [0.25, 0.3) is 6.08 Å². The summed E-state index contributed by atoms with van der Waals surface area (Å²) in [4.78, 5) is 4.17. The minimum absolute atomic E-state index is 0.680. The standard InChI is InChI=1S/C11H16N2O/c1-9-7-10(5-3-4-6-12)8-13-11(9)14-2/h3,5,7-8H,4,6,12H2,1-2H3. The normalized spacial score (nSPS) is 10.8. The molecule has 0 aliphatic rings. The van der Waals surface area contributed by atoms with Crippen LogP contribution in [0.3, 0.4) is 0 Å². The first kappa shape index (κ1) is 10.7. The number of nitrogens with two attached hydrogens (primary N) is 1. The number of hydrogen-bond donors (Lipinski definition) is 1. The average molecular weight is 192 g/mol. The first-order valence-corrected chi connectivity index (χ1v) is 4.65. The molecule has 0 aromatic carbocycles. The Bertz CT molecular complexity index is 321. The molecule has 1 rings (SSSR count). The van der Waals surface area contributed by atoms with Crippen molar-refractivity contribution in [2.75, 3.05) is 13.7 Å². The van der Waals surface area contributed by atoms with Crippen LogP contribution in [0.5, 0.6) is 5.88 Å². The van der Waals surface area contributed by atoms with E-state index in [1.165, 1.54) is 0 Å². The largest absolute Gasteiger partial charge is 0.481 e. The van der Waals surface area contributed by atoms with E-state index in [0.29, 0.717) is 12.4 Å². The second kappa shape index (κ2) is 5.40. The number of nitrogens with zero attached hydrogens (tertiary/aromatic N) is 1. The minimum Gasteiger partial charge on any atom is -0.481 e. The molecule has 0 unspecified atom stereocenters. The Balaban J connectivity index is 2.76. The second-order valence-electron chi connectivity index (χ2n) is 3.07. The van der Waals surface area contributed by atoms with Gasteiger partial charge in [-0.2, -0.15) is 0 Å². The highest BCUT2D eigenvalue weighted by Gasteiger charge is 1.98. The lowest BCUT2D eigenvalue weighted by Crippen LogP contribution is -1.95. The van der Waals surface area contributed by atoms with Gasteiger partial charge in [0, 0.05) is 11.8 Å². The van der Waals surface area contributed by atoms with Gasteiger partial charge in [-0.25, -0.2) is 4.98 Å². The number of hydrogen-bond acceptors (Lipinski definition) is 3. The van der Waals surface area contributed by atoms with Gasteiger partial charge in [0.15, 0.2) is 0 Å². The predicted molar refractivity (Wildman–Crippen MR) is 58.2 cm³/mol. The minimum atomic E-state index is 0.680. The fourth-order valence-electron chi connectivity index (χ4n) is 1.20. The van der Waals surface area contributed by atoms with Gasteiger partial charge in [0.25, 0.3) is 0 Å². The predicted octanol–water partition coefficient (Wildman–Crippen LogP) is 1.76. The van der Waals surface area contributed by atoms with Crippen molar-refractivity contribution in [3.63, 3.8) is 0 Å². The molecule has 0 atom stereocenters. The van der Waals surface area contributed by atoms with E-state index in [4.69, 9.17) is 10.5 Å². The number of rotatable bonds is 4. The van der Waals surface area contributed by atoms with Gasteiger partial charge in [-0.05, 0) is 31.5 Å². The van der Waals surface area contributed by atoms with Crippen LogP contribution in [0.1, 0.15) is 17.5 Å². The lowest BCUT2D eigenvalue weighted by Gasteiger charge is -2.03. The fraction of sp³-hybridized carbons (Fsp3) is 0.364. The number of pyridine rings is 1. The molecule has 1 aromatic rings. The van der Waals surface area contributed by atoms with Gasteiger partial charge in [0.1, 0.15) is 0 Å². The van der Waals surface area contributed by atoms with Gasteiger partial charge < -0.3 is 10.5 Å². The van der Waals surface area contributed by atoms with E-state index >= 15 is 0 Å². The monoisotopic (exact) mass is 192 g/mol. The average Bonchev–Trinajstić information content (AvgIpc) is 2.18. The number of methoxy groups -OCH3 is 1. The summed E-state index contributed by atoms with van der Waals surface area (Å²) in [6.45, 7) is 2.66. The van der Waals surface area contributed by atoms with Crippen LogP contribution in [0, 0.1) is 6.92 Å². The van der Waals surface area contributed by atoms with Gasteiger partial charge in [-0.3, -0.25) is 0 Å². The highest BCUT2D eigenvalue weighted by atomic mass is 16.5. The topological polar surface area (TPSA) is 48.1 Å². The number of aromatic nitrogens is 1. The third kappa shape index (κ3) is 2.85. The van der Waals surface area contributed by atoms with Gasteiger partial charge in [-0.1, -0.05) is 12.2 Å². The SMILES string of the molecule is COc1ncc(C=CCCN)cc1C. The Morgan fingerprint density at radius 1 is 1.57 bits per heavy atom. The Morgan fingerprint density at radius 3 is 2.93 bits per heavy atom. The van der Waals surface area contributed by atoms with Crippen molar-refractivity contribution in [2.45, 2.75) is 13.3 Å². The molecule has 76 valence electrons. The molecule has 2 N–H and O–H groups in total. The zero-order chi connectivity index (χ0) is 10.4. The third-order valence-electron chi connectivity index (χ3n) is 1.89. The van der Waals surface area contributed by atoms with Crippen LogP contribution < -0.4 is 10.5 Å². The van der Waals surface area contributed by atoms with E-state index in [-0.39, 0.29) is 0 Å². The zero-order valence-corrected chi connectivity index (χ0v) is 8.66. The van der Waals surface area contributed by atoms with Crippen molar-refractivity contribution >= 4 is 6.08 Å². The summed E-state index contributed by atoms with van der Waals surface area (Å²) < 4.78 is 5.07. The summed E-state index contributed by atoms with van der Waals surface area (Å²) in [5.41, 5.74) is 7.51. The molecule has 14 heavy (non-hydrogen) atoms. The third-order valence-corrected chi connectivity index (χ3v) is 1.89. The molecule has 0 saturated carbocycles. The van der Waals surface area contributed by atoms with E-state index < -0.39 is 0 Å². The Morgan fingerprint density at radius 2 is 2.36 bits per heavy atom. The maximum absolute atomic E-state index is 5.38. The van der Waals surface area contributed by atoms with E-state index in [9.17, 15) is 0 Å². The summed E-state index contributed by atoms with van der Waals surface area (Å²) in [7, 11) is 1.62. The van der Waals surface area contributed by atoms with Crippen LogP contribution >= 0.6 is 0 Å². The molecule has 1 aromatic heterocycles. The van der Waals surface area contributed by atoms with Gasteiger partial charge in [0.05, 0.1) is 7.11 Å². The first-order chi connectivity index (χ1) is 6.77. The fourth-order valence-corrected chi connectivity index (χ4v) is 1.20. The van der Waals surface area contributed by atoms with Crippen molar-refractivity contribution in [3.05, 3.63) is 29.5 Å². The smallest absolute Gasteiger partial charge is 0.215 e. The van der Waals surface area contributed by atoms with Crippen molar-refractivity contribution in [3.8, 4) is 5.88 Å².